The summed E-state index contributed by atoms with van der Waals surface area (Å²) in [5, 5.41) is 4.51. The first-order valence-electron chi connectivity index (χ1n) is 6.72. The fourth-order valence-corrected chi connectivity index (χ4v) is 2.71. The number of halogens is 2. The van der Waals surface area contributed by atoms with E-state index in [1.807, 2.05) is 17.7 Å². The molecule has 0 radical (unpaired) electrons. The Morgan fingerprint density at radius 2 is 2.00 bits per heavy atom. The summed E-state index contributed by atoms with van der Waals surface area (Å²) in [6, 6.07) is 6.66. The number of benzene rings is 1. The molecule has 0 fully saturated rings. The van der Waals surface area contributed by atoms with Crippen LogP contribution in [-0.2, 0) is 30.9 Å². The molecule has 0 saturated heterocycles. The standard InChI is InChI=1S/C15H18BrFN2O/c1-3-13-15(16)14(19(4-2)18-13)10-20-9-11-7-5-6-8-12(11)17/h5-8H,3-4,9-10H2,1-2H3. The second kappa shape index (κ2) is 6.99. The Balaban J connectivity index is 2.04. The Hall–Kier alpha value is -1.20. The quantitative estimate of drug-likeness (QED) is 0.792. The molecule has 5 heteroatoms. The lowest BCUT2D eigenvalue weighted by Gasteiger charge is -2.07. The monoisotopic (exact) mass is 340 g/mol. The average Bonchev–Trinajstić information content (AvgIpc) is 2.77. The minimum atomic E-state index is -0.232. The van der Waals surface area contributed by atoms with Gasteiger partial charge in [-0.25, -0.2) is 4.39 Å². The van der Waals surface area contributed by atoms with Crippen molar-refractivity contribution >= 4 is 15.9 Å². The third-order valence-corrected chi connectivity index (χ3v) is 4.06. The predicted molar refractivity (Wildman–Crippen MR) is 79.9 cm³/mol. The van der Waals surface area contributed by atoms with Crippen molar-refractivity contribution in [3.63, 3.8) is 0 Å². The van der Waals surface area contributed by atoms with Crippen molar-refractivity contribution in [2.45, 2.75) is 40.0 Å². The van der Waals surface area contributed by atoms with Gasteiger partial charge in [-0.2, -0.15) is 5.10 Å². The molecule has 0 spiro atoms. The predicted octanol–water partition coefficient (Wildman–Crippen LogP) is 4.08. The fraction of sp³-hybridized carbons (Fsp3) is 0.400. The van der Waals surface area contributed by atoms with Crippen molar-refractivity contribution in [1.82, 2.24) is 9.78 Å². The van der Waals surface area contributed by atoms with E-state index in [1.165, 1.54) is 6.07 Å². The van der Waals surface area contributed by atoms with Crippen molar-refractivity contribution in [2.75, 3.05) is 0 Å². The lowest BCUT2D eigenvalue weighted by Crippen LogP contribution is -2.05. The third kappa shape index (κ3) is 3.27. The molecule has 0 amide bonds. The van der Waals surface area contributed by atoms with Crippen LogP contribution in [-0.4, -0.2) is 9.78 Å². The number of rotatable bonds is 6. The Morgan fingerprint density at radius 3 is 2.65 bits per heavy atom. The van der Waals surface area contributed by atoms with Crippen molar-refractivity contribution in [3.8, 4) is 0 Å². The summed E-state index contributed by atoms with van der Waals surface area (Å²) in [4.78, 5) is 0. The van der Waals surface area contributed by atoms with E-state index in [0.29, 0.717) is 12.2 Å². The minimum absolute atomic E-state index is 0.232. The first-order valence-corrected chi connectivity index (χ1v) is 7.51. The van der Waals surface area contributed by atoms with Crippen LogP contribution in [0.2, 0.25) is 0 Å². The summed E-state index contributed by atoms with van der Waals surface area (Å²) in [6.45, 7) is 5.57. The highest BCUT2D eigenvalue weighted by molar-refractivity contribution is 9.10. The molecule has 0 atom stereocenters. The van der Waals surface area contributed by atoms with Gasteiger partial charge in [0.05, 0.1) is 29.1 Å². The van der Waals surface area contributed by atoms with Gasteiger partial charge in [0.2, 0.25) is 0 Å². The Bertz CT molecular complexity index is 583. The number of aromatic nitrogens is 2. The number of nitrogens with zero attached hydrogens (tertiary/aromatic N) is 2. The van der Waals surface area contributed by atoms with Gasteiger partial charge in [-0.15, -0.1) is 0 Å². The molecular weight excluding hydrogens is 323 g/mol. The van der Waals surface area contributed by atoms with Gasteiger partial charge in [0.15, 0.2) is 0 Å². The van der Waals surface area contributed by atoms with Gasteiger partial charge in [0.25, 0.3) is 0 Å². The molecule has 0 bridgehead atoms. The first-order chi connectivity index (χ1) is 9.67. The van der Waals surface area contributed by atoms with Crippen LogP contribution in [0.25, 0.3) is 0 Å². The lowest BCUT2D eigenvalue weighted by molar-refractivity contribution is 0.0987. The van der Waals surface area contributed by atoms with E-state index in [1.54, 1.807) is 12.1 Å². The maximum atomic E-state index is 13.5. The van der Waals surface area contributed by atoms with Gasteiger partial charge >= 0.3 is 0 Å². The zero-order chi connectivity index (χ0) is 14.5. The normalized spacial score (nSPS) is 11.0. The van der Waals surface area contributed by atoms with E-state index in [0.717, 1.165) is 28.8 Å². The summed E-state index contributed by atoms with van der Waals surface area (Å²) < 4.78 is 22.0. The SMILES string of the molecule is CCc1nn(CC)c(COCc2ccccc2F)c1Br. The molecule has 20 heavy (non-hydrogen) atoms. The molecule has 2 rings (SSSR count). The van der Waals surface area contributed by atoms with Crippen LogP contribution in [0.4, 0.5) is 4.39 Å². The molecule has 1 aromatic heterocycles. The second-order valence-corrected chi connectivity index (χ2v) is 5.25. The average molecular weight is 341 g/mol. The summed E-state index contributed by atoms with van der Waals surface area (Å²) in [6.07, 6.45) is 0.869. The third-order valence-electron chi connectivity index (χ3n) is 3.15. The number of ether oxygens (including phenoxy) is 1. The fourth-order valence-electron chi connectivity index (χ4n) is 2.03. The van der Waals surface area contributed by atoms with E-state index in [9.17, 15) is 4.39 Å². The van der Waals surface area contributed by atoms with Crippen LogP contribution < -0.4 is 0 Å². The highest BCUT2D eigenvalue weighted by Gasteiger charge is 2.14. The molecule has 0 saturated carbocycles. The molecule has 0 unspecified atom stereocenters. The van der Waals surface area contributed by atoms with E-state index in [4.69, 9.17) is 4.74 Å². The molecule has 0 aliphatic carbocycles. The zero-order valence-corrected chi connectivity index (χ0v) is 13.3. The maximum Gasteiger partial charge on any atom is 0.128 e. The van der Waals surface area contributed by atoms with Crippen LogP contribution in [0.1, 0.15) is 30.8 Å². The van der Waals surface area contributed by atoms with Gasteiger partial charge in [0, 0.05) is 12.1 Å². The molecule has 1 heterocycles. The second-order valence-electron chi connectivity index (χ2n) is 4.46. The number of aryl methyl sites for hydroxylation is 2. The maximum absolute atomic E-state index is 13.5. The molecule has 1 aromatic carbocycles. The Kier molecular flexibility index (Phi) is 5.31. The van der Waals surface area contributed by atoms with Crippen LogP contribution in [0.5, 0.6) is 0 Å². The smallest absolute Gasteiger partial charge is 0.128 e. The van der Waals surface area contributed by atoms with Gasteiger partial charge in [-0.3, -0.25) is 4.68 Å². The molecule has 0 aliphatic rings. The van der Waals surface area contributed by atoms with Gasteiger partial charge in [-0.1, -0.05) is 25.1 Å². The molecule has 108 valence electrons. The van der Waals surface area contributed by atoms with E-state index in [-0.39, 0.29) is 12.4 Å². The summed E-state index contributed by atoms with van der Waals surface area (Å²) in [5.41, 5.74) is 2.60. The Labute approximate surface area is 126 Å². The molecular formula is C15H18BrFN2O. The van der Waals surface area contributed by atoms with Crippen LogP contribution >= 0.6 is 15.9 Å². The Morgan fingerprint density at radius 1 is 1.25 bits per heavy atom. The van der Waals surface area contributed by atoms with Gasteiger partial charge in [-0.05, 0) is 35.3 Å². The highest BCUT2D eigenvalue weighted by atomic mass is 79.9. The van der Waals surface area contributed by atoms with Gasteiger partial charge in [0.1, 0.15) is 5.82 Å². The van der Waals surface area contributed by atoms with E-state index >= 15 is 0 Å². The minimum Gasteiger partial charge on any atom is -0.370 e. The highest BCUT2D eigenvalue weighted by Crippen LogP contribution is 2.23. The molecule has 3 nitrogen and oxygen atoms in total. The van der Waals surface area contributed by atoms with E-state index in [2.05, 4.69) is 28.0 Å². The summed E-state index contributed by atoms with van der Waals surface area (Å²) in [5.74, 6) is -0.232. The summed E-state index contributed by atoms with van der Waals surface area (Å²) >= 11 is 3.57. The van der Waals surface area contributed by atoms with Crippen LogP contribution in [0.3, 0.4) is 0 Å². The van der Waals surface area contributed by atoms with Crippen LogP contribution in [0, 0.1) is 5.82 Å². The topological polar surface area (TPSA) is 27.1 Å². The molecule has 2 aromatic rings. The molecule has 0 aliphatic heterocycles. The molecule has 0 N–H and O–H groups in total. The number of hydrogen-bond donors (Lipinski definition) is 0. The van der Waals surface area contributed by atoms with Crippen molar-refractivity contribution in [1.29, 1.82) is 0 Å². The first kappa shape index (κ1) is 15.2. The van der Waals surface area contributed by atoms with Crippen LogP contribution in [0.15, 0.2) is 28.7 Å². The van der Waals surface area contributed by atoms with Crippen molar-refractivity contribution < 1.29 is 9.13 Å². The van der Waals surface area contributed by atoms with Crippen molar-refractivity contribution in [3.05, 3.63) is 51.5 Å². The lowest BCUT2D eigenvalue weighted by atomic mass is 10.2. The zero-order valence-electron chi connectivity index (χ0n) is 11.7. The van der Waals surface area contributed by atoms with Crippen molar-refractivity contribution in [2.24, 2.45) is 0 Å². The largest absolute Gasteiger partial charge is 0.370 e. The van der Waals surface area contributed by atoms with Gasteiger partial charge < -0.3 is 4.74 Å². The van der Waals surface area contributed by atoms with E-state index < -0.39 is 0 Å². The summed E-state index contributed by atoms with van der Waals surface area (Å²) in [7, 11) is 0. The number of hydrogen-bond acceptors (Lipinski definition) is 2.